The maximum Gasteiger partial charge on any atom is 0.307 e. The third-order valence-electron chi connectivity index (χ3n) is 4.55. The molecule has 3 nitrogen and oxygen atoms in total. The highest BCUT2D eigenvalue weighted by molar-refractivity contribution is 5.72. The van der Waals surface area contributed by atoms with Crippen molar-refractivity contribution >= 4 is 5.97 Å². The van der Waals surface area contributed by atoms with Gasteiger partial charge >= 0.3 is 5.97 Å². The van der Waals surface area contributed by atoms with Gasteiger partial charge < -0.3 is 10.2 Å². The van der Waals surface area contributed by atoms with Crippen LogP contribution in [0, 0.1) is 5.92 Å². The number of rotatable bonds is 4. The van der Waals surface area contributed by atoms with E-state index >= 15 is 0 Å². The number of aliphatic hydroxyl groups is 1. The predicted molar refractivity (Wildman–Crippen MR) is 74.0 cm³/mol. The lowest BCUT2D eigenvalue weighted by molar-refractivity contribution is -0.148. The van der Waals surface area contributed by atoms with Crippen LogP contribution in [0.3, 0.4) is 0 Å². The van der Waals surface area contributed by atoms with Crippen molar-refractivity contribution in [3.8, 4) is 0 Å². The van der Waals surface area contributed by atoms with E-state index in [9.17, 15) is 15.0 Å². The lowest BCUT2D eigenvalue weighted by atomic mass is 9.59. The van der Waals surface area contributed by atoms with Crippen molar-refractivity contribution in [2.24, 2.45) is 5.92 Å². The molecule has 1 fully saturated rings. The highest BCUT2D eigenvalue weighted by atomic mass is 16.4. The molecule has 0 heterocycles. The van der Waals surface area contributed by atoms with Crippen LogP contribution in [0.5, 0.6) is 0 Å². The van der Waals surface area contributed by atoms with Crippen LogP contribution in [0.15, 0.2) is 30.3 Å². The van der Waals surface area contributed by atoms with E-state index in [1.165, 1.54) is 0 Å². The highest BCUT2D eigenvalue weighted by Crippen LogP contribution is 2.46. The highest BCUT2D eigenvalue weighted by Gasteiger charge is 2.49. The van der Waals surface area contributed by atoms with Gasteiger partial charge in [-0.2, -0.15) is 0 Å². The lowest BCUT2D eigenvalue weighted by Gasteiger charge is -2.45. The molecule has 0 spiro atoms. The molecule has 0 amide bonds. The third kappa shape index (κ3) is 2.39. The number of carboxylic acid groups (broad SMARTS) is 1. The Kier molecular flexibility index (Phi) is 4.25. The Hall–Kier alpha value is -1.35. The van der Waals surface area contributed by atoms with Crippen molar-refractivity contribution in [3.63, 3.8) is 0 Å². The summed E-state index contributed by atoms with van der Waals surface area (Å²) in [5.41, 5.74) is 0.344. The fourth-order valence-corrected chi connectivity index (χ4v) is 3.63. The standard InChI is InChI=1S/C16H22O3/c1-2-13(15(18)19)16(11-7-6-10-14(16)17)12-8-4-3-5-9-12/h3-5,8-9,13-14,17H,2,6-7,10-11H2,1H3,(H,18,19). The van der Waals surface area contributed by atoms with Gasteiger partial charge in [0.25, 0.3) is 0 Å². The van der Waals surface area contributed by atoms with Crippen LogP contribution < -0.4 is 0 Å². The normalized spacial score (nSPS) is 28.8. The molecule has 3 unspecified atom stereocenters. The van der Waals surface area contributed by atoms with E-state index < -0.39 is 23.4 Å². The Balaban J connectivity index is 2.52. The Morgan fingerprint density at radius 2 is 2.05 bits per heavy atom. The molecule has 3 heteroatoms. The van der Waals surface area contributed by atoms with Gasteiger partial charge in [-0.3, -0.25) is 4.79 Å². The van der Waals surface area contributed by atoms with Crippen molar-refractivity contribution in [1.82, 2.24) is 0 Å². The first-order valence-corrected chi connectivity index (χ1v) is 7.09. The fourth-order valence-electron chi connectivity index (χ4n) is 3.63. The smallest absolute Gasteiger partial charge is 0.307 e. The van der Waals surface area contributed by atoms with E-state index in [1.807, 2.05) is 37.3 Å². The van der Waals surface area contributed by atoms with Gasteiger partial charge in [-0.05, 0) is 24.8 Å². The fraction of sp³-hybridized carbons (Fsp3) is 0.562. The zero-order valence-electron chi connectivity index (χ0n) is 11.4. The Morgan fingerprint density at radius 3 is 2.58 bits per heavy atom. The maximum absolute atomic E-state index is 11.6. The molecule has 0 radical (unpaired) electrons. The lowest BCUT2D eigenvalue weighted by Crippen LogP contribution is -2.50. The Morgan fingerprint density at radius 1 is 1.37 bits per heavy atom. The van der Waals surface area contributed by atoms with Gasteiger partial charge in [-0.1, -0.05) is 50.1 Å². The van der Waals surface area contributed by atoms with Gasteiger partial charge in [-0.15, -0.1) is 0 Å². The summed E-state index contributed by atoms with van der Waals surface area (Å²) >= 11 is 0. The largest absolute Gasteiger partial charge is 0.481 e. The van der Waals surface area contributed by atoms with E-state index in [-0.39, 0.29) is 0 Å². The Bertz CT molecular complexity index is 429. The summed E-state index contributed by atoms with van der Waals surface area (Å²) in [6.45, 7) is 1.89. The van der Waals surface area contributed by atoms with Gasteiger partial charge in [-0.25, -0.2) is 0 Å². The molecule has 0 saturated heterocycles. The monoisotopic (exact) mass is 262 g/mol. The van der Waals surface area contributed by atoms with E-state index in [0.29, 0.717) is 12.8 Å². The third-order valence-corrected chi connectivity index (χ3v) is 4.55. The second-order valence-electron chi connectivity index (χ2n) is 5.47. The van der Waals surface area contributed by atoms with Crippen LogP contribution in [0.4, 0.5) is 0 Å². The minimum Gasteiger partial charge on any atom is -0.481 e. The van der Waals surface area contributed by atoms with Crippen molar-refractivity contribution in [3.05, 3.63) is 35.9 Å². The number of carboxylic acids is 1. The topological polar surface area (TPSA) is 57.5 Å². The molecular weight excluding hydrogens is 240 g/mol. The van der Waals surface area contributed by atoms with Gasteiger partial charge in [0.2, 0.25) is 0 Å². The maximum atomic E-state index is 11.6. The summed E-state index contributed by atoms with van der Waals surface area (Å²) in [6, 6.07) is 9.69. The number of aliphatic carboxylic acids is 1. The zero-order chi connectivity index (χ0) is 13.9. The molecule has 1 aliphatic rings. The summed E-state index contributed by atoms with van der Waals surface area (Å²) in [6.07, 6.45) is 3.38. The number of hydrogen-bond acceptors (Lipinski definition) is 2. The number of carbonyl (C=O) groups is 1. The van der Waals surface area contributed by atoms with Crippen LogP contribution in [-0.2, 0) is 10.2 Å². The van der Waals surface area contributed by atoms with Gasteiger partial charge in [0.1, 0.15) is 0 Å². The summed E-state index contributed by atoms with van der Waals surface area (Å²) in [4.78, 5) is 11.6. The summed E-state index contributed by atoms with van der Waals surface area (Å²) in [5.74, 6) is -1.32. The van der Waals surface area contributed by atoms with Crippen molar-refractivity contribution in [2.45, 2.75) is 50.5 Å². The van der Waals surface area contributed by atoms with Gasteiger partial charge in [0.15, 0.2) is 0 Å². The van der Waals surface area contributed by atoms with E-state index in [0.717, 1.165) is 24.8 Å². The average Bonchev–Trinajstić information content (AvgIpc) is 2.42. The van der Waals surface area contributed by atoms with Crippen LogP contribution in [0.1, 0.15) is 44.6 Å². The van der Waals surface area contributed by atoms with E-state index in [4.69, 9.17) is 0 Å². The minimum absolute atomic E-state index is 0.523. The second-order valence-corrected chi connectivity index (χ2v) is 5.47. The van der Waals surface area contributed by atoms with Crippen molar-refractivity contribution in [2.75, 3.05) is 0 Å². The molecule has 1 aliphatic carbocycles. The molecule has 19 heavy (non-hydrogen) atoms. The summed E-state index contributed by atoms with van der Waals surface area (Å²) in [7, 11) is 0. The van der Waals surface area contributed by atoms with Crippen LogP contribution >= 0.6 is 0 Å². The summed E-state index contributed by atoms with van der Waals surface area (Å²) in [5, 5.41) is 20.1. The molecule has 2 N–H and O–H groups in total. The summed E-state index contributed by atoms with van der Waals surface area (Å²) < 4.78 is 0. The quantitative estimate of drug-likeness (QED) is 0.877. The second kappa shape index (κ2) is 5.74. The van der Waals surface area contributed by atoms with Crippen LogP contribution in [-0.4, -0.2) is 22.3 Å². The first-order chi connectivity index (χ1) is 9.13. The van der Waals surface area contributed by atoms with Crippen molar-refractivity contribution in [1.29, 1.82) is 0 Å². The average molecular weight is 262 g/mol. The minimum atomic E-state index is -0.799. The first kappa shape index (κ1) is 14.1. The van der Waals surface area contributed by atoms with Crippen LogP contribution in [0.25, 0.3) is 0 Å². The number of benzene rings is 1. The molecular formula is C16H22O3. The van der Waals surface area contributed by atoms with E-state index in [2.05, 4.69) is 0 Å². The first-order valence-electron chi connectivity index (χ1n) is 7.09. The Labute approximate surface area is 114 Å². The SMILES string of the molecule is CCC(C(=O)O)C1(c2ccccc2)CCCCC1O. The molecule has 104 valence electrons. The van der Waals surface area contributed by atoms with Crippen LogP contribution in [0.2, 0.25) is 0 Å². The molecule has 0 aliphatic heterocycles. The molecule has 2 rings (SSSR count). The number of hydrogen-bond donors (Lipinski definition) is 2. The van der Waals surface area contributed by atoms with Gasteiger partial charge in [0.05, 0.1) is 12.0 Å². The zero-order valence-corrected chi connectivity index (χ0v) is 11.4. The predicted octanol–water partition coefficient (Wildman–Crippen LogP) is 2.97. The molecule has 1 aromatic rings. The molecule has 0 bridgehead atoms. The molecule has 1 aromatic carbocycles. The molecule has 0 aromatic heterocycles. The number of aliphatic hydroxyl groups excluding tert-OH is 1. The molecule has 3 atom stereocenters. The van der Waals surface area contributed by atoms with Crippen molar-refractivity contribution < 1.29 is 15.0 Å². The van der Waals surface area contributed by atoms with Gasteiger partial charge in [0, 0.05) is 5.41 Å². The van der Waals surface area contributed by atoms with E-state index in [1.54, 1.807) is 0 Å². The molecule has 1 saturated carbocycles.